The molecule has 0 bridgehead atoms. The number of hydrazine groups is 1. The molecule has 4 aliphatic rings. The molecule has 0 spiro atoms. The summed E-state index contributed by atoms with van der Waals surface area (Å²) in [6.45, 7) is 1.72. The van der Waals surface area contributed by atoms with Gasteiger partial charge in [0, 0.05) is 22.6 Å². The summed E-state index contributed by atoms with van der Waals surface area (Å²) >= 11 is 12.7. The van der Waals surface area contributed by atoms with Gasteiger partial charge < -0.3 is 20.1 Å². The van der Waals surface area contributed by atoms with Gasteiger partial charge in [-0.3, -0.25) is 24.6 Å². The normalized spacial score (nSPS) is 25.7. The number of aryl methyl sites for hydroxylation is 1. The lowest BCUT2D eigenvalue weighted by molar-refractivity contribution is -0.138. The zero-order chi connectivity index (χ0) is 39.1. The third-order valence-corrected chi connectivity index (χ3v) is 12.2. The SMILES string of the molecule is COc1ccc(C23C(=O)N(Nc4ccc(Cl)cc4Cl)C(=O)C2CC2C(=CCC4C(=O)N(c5ccc(C(=O)O)c(O)c5)C(=O)C42)C3c2cccc(C)c2O)cc1. The molecule has 8 rings (SSSR count). The van der Waals surface area contributed by atoms with Crippen molar-refractivity contribution in [3.05, 3.63) is 123 Å². The van der Waals surface area contributed by atoms with E-state index in [-0.39, 0.29) is 35.0 Å². The smallest absolute Gasteiger partial charge is 0.339 e. The van der Waals surface area contributed by atoms with Crippen LogP contribution in [0.3, 0.4) is 0 Å². The van der Waals surface area contributed by atoms with Crippen molar-refractivity contribution in [2.45, 2.75) is 31.1 Å². The lowest BCUT2D eigenvalue weighted by Crippen LogP contribution is -2.53. The Morgan fingerprint density at radius 1 is 0.909 bits per heavy atom. The predicted molar refractivity (Wildman–Crippen MR) is 201 cm³/mol. The molecule has 4 aromatic carbocycles. The number of fused-ring (bicyclic) bond motifs is 4. The van der Waals surface area contributed by atoms with E-state index in [0.29, 0.717) is 33.0 Å². The van der Waals surface area contributed by atoms with E-state index in [2.05, 4.69) is 5.43 Å². The van der Waals surface area contributed by atoms with Crippen LogP contribution >= 0.6 is 23.2 Å². The van der Waals surface area contributed by atoms with E-state index in [9.17, 15) is 34.5 Å². The number of nitrogens with zero attached hydrogens (tertiary/aromatic N) is 2. The van der Waals surface area contributed by atoms with E-state index in [1.54, 1.807) is 61.5 Å². The zero-order valence-electron chi connectivity index (χ0n) is 29.3. The number of hydrogen-bond acceptors (Lipinski definition) is 9. The van der Waals surface area contributed by atoms with Crippen LogP contribution in [0.2, 0.25) is 10.0 Å². The first-order valence-electron chi connectivity index (χ1n) is 17.5. The summed E-state index contributed by atoms with van der Waals surface area (Å²) in [5.41, 5.74) is 3.11. The number of ether oxygens (including phenoxy) is 1. The Kier molecular flexibility index (Phi) is 8.66. The average molecular weight is 783 g/mol. The number of rotatable bonds is 7. The molecule has 4 N–H and O–H groups in total. The Labute approximate surface area is 324 Å². The molecule has 2 aliphatic carbocycles. The molecule has 6 atom stereocenters. The third kappa shape index (κ3) is 5.30. The van der Waals surface area contributed by atoms with E-state index in [1.807, 2.05) is 6.08 Å². The molecule has 4 aromatic rings. The van der Waals surface area contributed by atoms with Gasteiger partial charge in [0.2, 0.25) is 11.8 Å². The molecule has 4 amide bonds. The van der Waals surface area contributed by atoms with Gasteiger partial charge >= 0.3 is 5.97 Å². The second kappa shape index (κ2) is 13.2. The van der Waals surface area contributed by atoms with Crippen molar-refractivity contribution >= 4 is 64.2 Å². The quantitative estimate of drug-likeness (QED) is 0.118. The molecule has 2 heterocycles. The van der Waals surface area contributed by atoms with Crippen LogP contribution in [-0.4, -0.2) is 57.0 Å². The minimum Gasteiger partial charge on any atom is -0.507 e. The maximum atomic E-state index is 15.4. The van der Waals surface area contributed by atoms with Crippen LogP contribution in [0.25, 0.3) is 0 Å². The first-order chi connectivity index (χ1) is 26.3. The number of carbonyl (C=O) groups excluding carboxylic acids is 4. The number of phenolic OH excluding ortho intramolecular Hbond substituents is 1. The topological polar surface area (TPSA) is 174 Å². The van der Waals surface area contributed by atoms with Gasteiger partial charge in [0.05, 0.1) is 46.7 Å². The Morgan fingerprint density at radius 2 is 1.65 bits per heavy atom. The number of benzene rings is 4. The number of aromatic carboxylic acids is 1. The van der Waals surface area contributed by atoms with Gasteiger partial charge in [0.15, 0.2) is 0 Å². The van der Waals surface area contributed by atoms with Crippen LogP contribution in [0.5, 0.6) is 17.2 Å². The minimum absolute atomic E-state index is 0.00653. The van der Waals surface area contributed by atoms with Gasteiger partial charge in [0.1, 0.15) is 22.8 Å². The van der Waals surface area contributed by atoms with Crippen LogP contribution in [0.15, 0.2) is 90.5 Å². The highest BCUT2D eigenvalue weighted by atomic mass is 35.5. The van der Waals surface area contributed by atoms with Gasteiger partial charge in [0.25, 0.3) is 11.8 Å². The number of amides is 4. The van der Waals surface area contributed by atoms with Crippen molar-refractivity contribution < 1.29 is 44.0 Å². The summed E-state index contributed by atoms with van der Waals surface area (Å²) in [7, 11) is 1.51. The third-order valence-electron chi connectivity index (χ3n) is 11.6. The maximum Gasteiger partial charge on any atom is 0.339 e. The molecule has 0 radical (unpaired) electrons. The number of phenols is 2. The molecule has 55 heavy (non-hydrogen) atoms. The second-order valence-corrected chi connectivity index (χ2v) is 15.1. The fourth-order valence-electron chi connectivity index (χ4n) is 9.20. The fraction of sp³-hybridized carbons (Fsp3) is 0.244. The van der Waals surface area contributed by atoms with E-state index in [1.165, 1.54) is 19.2 Å². The molecule has 0 aromatic heterocycles. The number of halogens is 2. The number of anilines is 2. The molecule has 2 aliphatic heterocycles. The van der Waals surface area contributed by atoms with Crippen LogP contribution in [0.4, 0.5) is 11.4 Å². The van der Waals surface area contributed by atoms with E-state index >= 15 is 4.79 Å². The lowest BCUT2D eigenvalue weighted by Gasteiger charge is -2.50. The number of carboxylic acids is 1. The van der Waals surface area contributed by atoms with Crippen molar-refractivity contribution in [3.8, 4) is 17.2 Å². The van der Waals surface area contributed by atoms with Crippen LogP contribution in [0, 0.1) is 30.6 Å². The zero-order valence-corrected chi connectivity index (χ0v) is 30.8. The molecule has 14 heteroatoms. The summed E-state index contributed by atoms with van der Waals surface area (Å²) in [6, 6.07) is 20.1. The van der Waals surface area contributed by atoms with Crippen molar-refractivity contribution in [1.29, 1.82) is 0 Å². The highest BCUT2D eigenvalue weighted by Crippen LogP contribution is 2.65. The summed E-state index contributed by atoms with van der Waals surface area (Å²) in [6.07, 6.45) is 1.94. The highest BCUT2D eigenvalue weighted by molar-refractivity contribution is 6.36. The fourth-order valence-corrected chi connectivity index (χ4v) is 9.65. The van der Waals surface area contributed by atoms with Gasteiger partial charge in [-0.25, -0.2) is 9.69 Å². The van der Waals surface area contributed by atoms with Crippen LogP contribution < -0.4 is 15.1 Å². The number of allylic oxidation sites excluding steroid dienone is 2. The Morgan fingerprint density at radius 3 is 2.33 bits per heavy atom. The largest absolute Gasteiger partial charge is 0.507 e. The first-order valence-corrected chi connectivity index (χ1v) is 18.2. The standard InChI is InChI=1S/C41H33Cl2N3O9/c1-19-4-3-5-27(35(19)48)34-24-13-14-26-33(38(51)45(36(26)49)22-9-12-25(39(52)53)32(47)17-22)28(24)18-29-37(50)46(44-31-15-8-21(42)16-30(31)43)40(54)41(29,34)20-6-10-23(55-2)11-7-20/h3-13,15-17,26,28-29,33-34,44,47-48H,14,18H2,1-2H3,(H,52,53). The molecule has 2 saturated heterocycles. The number of para-hydroxylation sites is 1. The van der Waals surface area contributed by atoms with Gasteiger partial charge in [-0.1, -0.05) is 65.2 Å². The minimum atomic E-state index is -1.67. The van der Waals surface area contributed by atoms with E-state index in [4.69, 9.17) is 27.9 Å². The molecule has 6 unspecified atom stereocenters. The molecule has 280 valence electrons. The monoisotopic (exact) mass is 781 g/mol. The second-order valence-electron chi connectivity index (χ2n) is 14.2. The average Bonchev–Trinajstić information content (AvgIpc) is 3.54. The summed E-state index contributed by atoms with van der Waals surface area (Å²) in [5, 5.41) is 33.1. The number of methoxy groups -OCH3 is 1. The molecule has 12 nitrogen and oxygen atoms in total. The molecule has 3 fully saturated rings. The van der Waals surface area contributed by atoms with Crippen molar-refractivity contribution in [2.24, 2.45) is 23.7 Å². The Hall–Kier alpha value is -5.85. The summed E-state index contributed by atoms with van der Waals surface area (Å²) in [4.78, 5) is 71.5. The summed E-state index contributed by atoms with van der Waals surface area (Å²) in [5.74, 6) is -8.59. The Balaban J connectivity index is 1.32. The van der Waals surface area contributed by atoms with Crippen LogP contribution in [0.1, 0.15) is 45.8 Å². The van der Waals surface area contributed by atoms with E-state index < -0.39 is 75.9 Å². The van der Waals surface area contributed by atoms with Crippen molar-refractivity contribution in [1.82, 2.24) is 5.01 Å². The van der Waals surface area contributed by atoms with E-state index in [0.717, 1.165) is 22.0 Å². The summed E-state index contributed by atoms with van der Waals surface area (Å²) < 4.78 is 5.44. The van der Waals surface area contributed by atoms with Gasteiger partial charge in [-0.05, 0) is 79.3 Å². The molecular weight excluding hydrogens is 749 g/mol. The number of carboxylic acid groups (broad SMARTS) is 1. The van der Waals surface area contributed by atoms with Gasteiger partial charge in [-0.2, -0.15) is 5.01 Å². The van der Waals surface area contributed by atoms with Crippen LogP contribution in [-0.2, 0) is 24.6 Å². The predicted octanol–water partition coefficient (Wildman–Crippen LogP) is 6.61. The first kappa shape index (κ1) is 36.1. The Bertz CT molecular complexity index is 2380. The number of aromatic hydroxyl groups is 2. The molecular formula is C41H33Cl2N3O9. The number of carbonyl (C=O) groups is 5. The van der Waals surface area contributed by atoms with Crippen molar-refractivity contribution in [2.75, 3.05) is 17.4 Å². The maximum absolute atomic E-state index is 15.4. The van der Waals surface area contributed by atoms with Gasteiger partial charge in [-0.15, -0.1) is 0 Å². The molecule has 1 saturated carbocycles. The number of hydrogen-bond donors (Lipinski definition) is 4. The lowest BCUT2D eigenvalue weighted by atomic mass is 9.49. The highest BCUT2D eigenvalue weighted by Gasteiger charge is 2.70. The number of nitrogens with one attached hydrogen (secondary N) is 1. The van der Waals surface area contributed by atoms with Crippen molar-refractivity contribution in [3.63, 3.8) is 0 Å². The number of imide groups is 2.